The van der Waals surface area contributed by atoms with Crippen LogP contribution in [0.15, 0.2) is 0 Å². The van der Waals surface area contributed by atoms with E-state index in [4.69, 9.17) is 0 Å². The predicted molar refractivity (Wildman–Crippen MR) is 276 cm³/mol. The summed E-state index contributed by atoms with van der Waals surface area (Å²) in [5.41, 5.74) is -2.14. The molecule has 14 nitrogen and oxygen atoms in total. The lowest BCUT2D eigenvalue weighted by atomic mass is 9.69. The topological polar surface area (TPSA) is 211 Å². The number of carboxylic acid groups (broad SMARTS) is 2. The van der Waals surface area contributed by atoms with E-state index in [-0.39, 0.29) is 81.0 Å². The Hall–Kier alpha value is -3.71. The SMILES string of the molecule is CCCCCCCCCCCCCCC(CC(=O)NCCNC(=O)C(C)(CC(CC)N1CCCC1=O)CC(C)(C)C(=O)NCCNC(=O)C(CCCCCCCCCCCCC)CC(=O)O)C(=O)O. The molecule has 0 aromatic carbocycles. The zero-order chi connectivity index (χ0) is 51.3. The van der Waals surface area contributed by atoms with Gasteiger partial charge in [0.1, 0.15) is 0 Å². The van der Waals surface area contributed by atoms with Crippen LogP contribution in [0.25, 0.3) is 0 Å². The highest BCUT2D eigenvalue weighted by molar-refractivity contribution is 5.87. The van der Waals surface area contributed by atoms with Crippen LogP contribution < -0.4 is 21.3 Å². The van der Waals surface area contributed by atoms with E-state index < -0.39 is 34.6 Å². The standard InChI is InChI=1S/C55H101N5O9/c1-7-10-12-14-16-18-20-22-24-26-28-30-33-45(51(66)67)40-47(61)56-35-37-59-53(69)55(6,42-46(9-3)60-39-31-34-48(60)62)43-54(4,5)52(68)58-38-36-57-50(65)44(41-49(63)64)32-29-27-25-23-21-19-17-15-13-11-8-2/h44-46H,7-43H2,1-6H3,(H,56,61)(H,57,65)(H,58,68)(H,59,69)(H,63,64)(H,66,67). The number of unbranched alkanes of at least 4 members (excludes halogenated alkanes) is 21. The van der Waals surface area contributed by atoms with Crippen molar-refractivity contribution in [1.29, 1.82) is 0 Å². The lowest BCUT2D eigenvalue weighted by molar-refractivity contribution is -0.144. The second-order valence-electron chi connectivity index (χ2n) is 21.3. The van der Waals surface area contributed by atoms with Crippen LogP contribution in [0.3, 0.4) is 0 Å². The third kappa shape index (κ3) is 29.3. The summed E-state index contributed by atoms with van der Waals surface area (Å²) in [5.74, 6) is -4.71. The van der Waals surface area contributed by atoms with Crippen molar-refractivity contribution in [3.63, 3.8) is 0 Å². The Balaban J connectivity index is 2.70. The zero-order valence-corrected chi connectivity index (χ0v) is 44.6. The number of carboxylic acids is 2. The molecular formula is C55H101N5O9. The number of rotatable bonds is 45. The van der Waals surface area contributed by atoms with Gasteiger partial charge >= 0.3 is 11.9 Å². The third-order valence-electron chi connectivity index (χ3n) is 14.3. The molecule has 0 bridgehead atoms. The van der Waals surface area contributed by atoms with E-state index in [1.165, 1.54) is 96.3 Å². The van der Waals surface area contributed by atoms with Gasteiger partial charge in [0.25, 0.3) is 0 Å². The molecule has 1 heterocycles. The van der Waals surface area contributed by atoms with Gasteiger partial charge in [0.05, 0.1) is 12.3 Å². The summed E-state index contributed by atoms with van der Waals surface area (Å²) in [7, 11) is 0. The molecule has 0 aliphatic carbocycles. The largest absolute Gasteiger partial charge is 0.481 e. The summed E-state index contributed by atoms with van der Waals surface area (Å²) in [6, 6.07) is -0.216. The van der Waals surface area contributed by atoms with Crippen molar-refractivity contribution >= 4 is 41.5 Å². The average molecular weight is 976 g/mol. The number of hydrogen-bond donors (Lipinski definition) is 6. The number of carbonyl (C=O) groups is 7. The summed E-state index contributed by atoms with van der Waals surface area (Å²) >= 11 is 0. The van der Waals surface area contributed by atoms with Gasteiger partial charge < -0.3 is 36.4 Å². The molecule has 6 N–H and O–H groups in total. The van der Waals surface area contributed by atoms with Gasteiger partial charge in [-0.05, 0) is 38.5 Å². The first-order chi connectivity index (χ1) is 33.0. The van der Waals surface area contributed by atoms with Crippen molar-refractivity contribution in [2.45, 2.75) is 253 Å². The molecule has 1 rings (SSSR count). The summed E-state index contributed by atoms with van der Waals surface area (Å²) in [6.45, 7) is 12.8. The van der Waals surface area contributed by atoms with Crippen molar-refractivity contribution in [3.05, 3.63) is 0 Å². The first-order valence-electron chi connectivity index (χ1n) is 27.9. The fourth-order valence-electron chi connectivity index (χ4n) is 10.1. The first kappa shape index (κ1) is 63.3. The molecule has 1 saturated heterocycles. The van der Waals surface area contributed by atoms with E-state index in [0.29, 0.717) is 38.6 Å². The molecule has 0 radical (unpaired) electrons. The number of hydrogen-bond acceptors (Lipinski definition) is 7. The summed E-state index contributed by atoms with van der Waals surface area (Å²) < 4.78 is 0. The molecule has 4 atom stereocenters. The minimum Gasteiger partial charge on any atom is -0.481 e. The fraction of sp³-hybridized carbons (Fsp3) is 0.873. The highest BCUT2D eigenvalue weighted by Crippen LogP contribution is 2.40. The van der Waals surface area contributed by atoms with Crippen LogP contribution in [0.2, 0.25) is 0 Å². The Kier molecular flexibility index (Phi) is 34.9. The highest BCUT2D eigenvalue weighted by atomic mass is 16.4. The number of nitrogens with zero attached hydrogens (tertiary/aromatic N) is 1. The van der Waals surface area contributed by atoms with E-state index in [0.717, 1.165) is 57.8 Å². The lowest BCUT2D eigenvalue weighted by Gasteiger charge is -2.40. The Morgan fingerprint density at radius 3 is 1.43 bits per heavy atom. The van der Waals surface area contributed by atoms with Gasteiger partial charge in [0.15, 0.2) is 0 Å². The van der Waals surface area contributed by atoms with Gasteiger partial charge in [0, 0.05) is 68.4 Å². The molecule has 4 unspecified atom stereocenters. The minimum atomic E-state index is -1.09. The molecular weight excluding hydrogens is 875 g/mol. The number of likely N-dealkylation sites (tertiary alicyclic amines) is 1. The molecule has 1 fully saturated rings. The van der Waals surface area contributed by atoms with E-state index in [1.54, 1.807) is 13.8 Å². The molecule has 0 aromatic heterocycles. The third-order valence-corrected chi connectivity index (χ3v) is 14.3. The van der Waals surface area contributed by atoms with Gasteiger partial charge in [-0.15, -0.1) is 0 Å². The Bertz CT molecular complexity index is 1470. The first-order valence-corrected chi connectivity index (χ1v) is 27.9. The summed E-state index contributed by atoms with van der Waals surface area (Å²) in [5, 5.41) is 30.8. The number of amides is 5. The van der Waals surface area contributed by atoms with Gasteiger partial charge in [0.2, 0.25) is 29.5 Å². The Labute approximate surface area is 418 Å². The second-order valence-corrected chi connectivity index (χ2v) is 21.3. The molecule has 14 heteroatoms. The van der Waals surface area contributed by atoms with Crippen LogP contribution in [0.4, 0.5) is 0 Å². The monoisotopic (exact) mass is 976 g/mol. The van der Waals surface area contributed by atoms with Crippen molar-refractivity contribution < 1.29 is 43.8 Å². The molecule has 1 aliphatic heterocycles. The molecule has 1 aliphatic rings. The van der Waals surface area contributed by atoms with Gasteiger partial charge in [-0.2, -0.15) is 0 Å². The van der Waals surface area contributed by atoms with Crippen molar-refractivity contribution in [3.8, 4) is 0 Å². The summed E-state index contributed by atoms with van der Waals surface area (Å²) in [6.07, 6.45) is 29.9. The van der Waals surface area contributed by atoms with Crippen LogP contribution in [-0.4, -0.2) is 95.4 Å². The van der Waals surface area contributed by atoms with Crippen LogP contribution in [-0.2, 0) is 33.6 Å². The van der Waals surface area contributed by atoms with Crippen molar-refractivity contribution in [2.75, 3.05) is 32.7 Å². The van der Waals surface area contributed by atoms with Crippen LogP contribution in [0.5, 0.6) is 0 Å². The smallest absolute Gasteiger partial charge is 0.307 e. The molecule has 69 heavy (non-hydrogen) atoms. The number of nitrogens with one attached hydrogen (secondary N) is 4. The van der Waals surface area contributed by atoms with Crippen molar-refractivity contribution in [1.82, 2.24) is 26.2 Å². The maximum absolute atomic E-state index is 14.2. The number of aliphatic carboxylic acids is 2. The van der Waals surface area contributed by atoms with Gasteiger partial charge in [-0.3, -0.25) is 33.6 Å². The predicted octanol–water partition coefficient (Wildman–Crippen LogP) is 10.6. The quantitative estimate of drug-likeness (QED) is 0.0320. The molecule has 0 spiro atoms. The van der Waals surface area contributed by atoms with E-state index in [9.17, 15) is 43.8 Å². The minimum absolute atomic E-state index is 0.0502. The van der Waals surface area contributed by atoms with Crippen molar-refractivity contribution in [2.24, 2.45) is 22.7 Å². The summed E-state index contributed by atoms with van der Waals surface area (Å²) in [4.78, 5) is 92.2. The maximum atomic E-state index is 14.2. The van der Waals surface area contributed by atoms with Crippen LogP contribution >= 0.6 is 0 Å². The van der Waals surface area contributed by atoms with E-state index in [1.807, 2.05) is 18.7 Å². The lowest BCUT2D eigenvalue weighted by Crippen LogP contribution is -2.51. The molecule has 0 saturated carbocycles. The van der Waals surface area contributed by atoms with E-state index in [2.05, 4.69) is 35.1 Å². The molecule has 0 aromatic rings. The second kappa shape index (κ2) is 38.0. The normalized spacial score (nSPS) is 15.0. The Morgan fingerprint density at radius 1 is 0.565 bits per heavy atom. The average Bonchev–Trinajstić information content (AvgIpc) is 3.74. The van der Waals surface area contributed by atoms with Crippen LogP contribution in [0, 0.1) is 22.7 Å². The number of carbonyl (C=O) groups excluding carboxylic acids is 5. The Morgan fingerprint density at radius 2 is 1.00 bits per heavy atom. The molecule has 5 amide bonds. The van der Waals surface area contributed by atoms with Crippen LogP contribution in [0.1, 0.15) is 247 Å². The molecule has 400 valence electrons. The zero-order valence-electron chi connectivity index (χ0n) is 44.6. The fourth-order valence-corrected chi connectivity index (χ4v) is 10.1. The van der Waals surface area contributed by atoms with Gasteiger partial charge in [-0.25, -0.2) is 0 Å². The maximum Gasteiger partial charge on any atom is 0.307 e. The van der Waals surface area contributed by atoms with Gasteiger partial charge in [-0.1, -0.05) is 189 Å². The van der Waals surface area contributed by atoms with E-state index >= 15 is 0 Å². The highest BCUT2D eigenvalue weighted by Gasteiger charge is 2.44.